The summed E-state index contributed by atoms with van der Waals surface area (Å²) >= 11 is 0. The summed E-state index contributed by atoms with van der Waals surface area (Å²) in [4.78, 5) is 18.7. The highest BCUT2D eigenvalue weighted by molar-refractivity contribution is 5.98. The molecule has 6 nitrogen and oxygen atoms in total. The highest BCUT2D eigenvalue weighted by Gasteiger charge is 2.16. The molecule has 1 heterocycles. The summed E-state index contributed by atoms with van der Waals surface area (Å²) in [6.45, 7) is 3.29. The van der Waals surface area contributed by atoms with Gasteiger partial charge in [0.2, 0.25) is 0 Å². The summed E-state index contributed by atoms with van der Waals surface area (Å²) < 4.78 is 78.5. The maximum Gasteiger partial charge on any atom is 0.159 e. The molecule has 0 saturated heterocycles. The number of fused-ring (bicyclic) bond motifs is 1. The highest BCUT2D eigenvalue weighted by atomic mass is 19.1. The van der Waals surface area contributed by atoms with Crippen molar-refractivity contribution in [3.63, 3.8) is 0 Å². The second kappa shape index (κ2) is 10.7. The van der Waals surface area contributed by atoms with Crippen LogP contribution in [0.1, 0.15) is 33.2 Å². The molecule has 0 aliphatic rings. The van der Waals surface area contributed by atoms with Crippen LogP contribution in [0.2, 0.25) is 0 Å². The molecule has 0 unspecified atom stereocenters. The number of pyridine rings is 1. The number of ketones is 1. The topological polar surface area (TPSA) is 78.2 Å². The Bertz CT molecular complexity index is 1570. The Labute approximate surface area is 203 Å². The van der Waals surface area contributed by atoms with E-state index in [4.69, 9.17) is 14.3 Å². The number of halogens is 1. The van der Waals surface area contributed by atoms with Gasteiger partial charge in [-0.25, -0.2) is 4.39 Å². The van der Waals surface area contributed by atoms with Gasteiger partial charge >= 0.3 is 0 Å². The summed E-state index contributed by atoms with van der Waals surface area (Å²) in [5.74, 6) is -1.83. The largest absolute Gasteiger partial charge is 0.494 e. The van der Waals surface area contributed by atoms with E-state index in [0.29, 0.717) is 6.54 Å². The maximum atomic E-state index is 14.3. The summed E-state index contributed by atoms with van der Waals surface area (Å²) in [6.07, 6.45) is 0.354. The van der Waals surface area contributed by atoms with Crippen LogP contribution in [0.5, 0.6) is 5.75 Å². The van der Waals surface area contributed by atoms with Crippen molar-refractivity contribution < 1.29 is 23.5 Å². The van der Waals surface area contributed by atoms with Crippen molar-refractivity contribution in [2.45, 2.75) is 20.3 Å². The molecule has 3 aromatic rings. The number of nitriles is 1. The fraction of sp³-hybridized carbons (Fsp3) is 0.269. The van der Waals surface area contributed by atoms with Gasteiger partial charge in [0.05, 0.1) is 33.0 Å². The number of carbonyl (C=O) groups is 1. The number of allylic oxidation sites excluding steroid dienone is 1. The van der Waals surface area contributed by atoms with Crippen LogP contribution >= 0.6 is 0 Å². The highest BCUT2D eigenvalue weighted by Crippen LogP contribution is 2.34. The standard InChI is InChI=1S/C26H27FN4O2/c1-5-33-25-14-24-22(13-18(25)12-21(32)7-6-10-31(3)4)26(19(15-28)16-29-24)30-20-8-9-23(27)17(2)11-20/h6-9,11,13-14,16H,5,10,12H2,1-4H3,(H,29,30)/b7-6+/i7D,8D,9D,11D,13D,14D,16D. The van der Waals surface area contributed by atoms with Crippen molar-refractivity contribution in [3.05, 3.63) is 71.0 Å². The number of nitrogens with one attached hydrogen (secondary N) is 1. The van der Waals surface area contributed by atoms with E-state index < -0.39 is 42.3 Å². The number of anilines is 2. The first-order valence-corrected chi connectivity index (χ1v) is 10.1. The molecule has 0 bridgehead atoms. The summed E-state index contributed by atoms with van der Waals surface area (Å²) in [7, 11) is 3.54. The molecule has 0 atom stereocenters. The fourth-order valence-corrected chi connectivity index (χ4v) is 2.89. The van der Waals surface area contributed by atoms with Crippen LogP contribution in [-0.4, -0.2) is 42.9 Å². The van der Waals surface area contributed by atoms with Gasteiger partial charge in [-0.3, -0.25) is 9.78 Å². The van der Waals surface area contributed by atoms with E-state index in [2.05, 4.69) is 10.3 Å². The molecule has 33 heavy (non-hydrogen) atoms. The molecule has 0 radical (unpaired) electrons. The molecule has 7 heteroatoms. The minimum atomic E-state index is -1.05. The van der Waals surface area contributed by atoms with Gasteiger partial charge in [-0.1, -0.05) is 6.08 Å². The average Bonchev–Trinajstić information content (AvgIpc) is 2.91. The monoisotopic (exact) mass is 453 g/mol. The third-order valence-electron chi connectivity index (χ3n) is 4.44. The lowest BCUT2D eigenvalue weighted by molar-refractivity contribution is -0.114. The molecule has 3 rings (SSSR count). The first-order chi connectivity index (χ1) is 18.8. The second-order valence-corrected chi connectivity index (χ2v) is 7.32. The number of aromatic nitrogens is 1. The van der Waals surface area contributed by atoms with Crippen molar-refractivity contribution in [2.24, 2.45) is 0 Å². The summed E-state index contributed by atoms with van der Waals surface area (Å²) in [6, 6.07) is -1.18. The number of likely N-dealkylation sites (N-methyl/N-ethyl adjacent to an activating group) is 1. The van der Waals surface area contributed by atoms with Crippen molar-refractivity contribution in [1.82, 2.24) is 9.88 Å². The Morgan fingerprint density at radius 3 is 2.88 bits per heavy atom. The molecule has 0 saturated carbocycles. The normalized spacial score (nSPS) is 14.5. The average molecular weight is 454 g/mol. The van der Waals surface area contributed by atoms with E-state index in [-0.39, 0.29) is 69.5 Å². The van der Waals surface area contributed by atoms with Gasteiger partial charge < -0.3 is 15.0 Å². The first-order valence-electron chi connectivity index (χ1n) is 13.6. The SMILES string of the molecule is [2H]/C(=C\CN(C)C)C(=O)Cc1c(OCC)c([2H])c2nc([2H])c(C#N)c(Nc3c([2H])c([2H])c(F)c(C)c3[2H])c2c1[2H]. The van der Waals surface area contributed by atoms with Gasteiger partial charge in [-0.2, -0.15) is 5.26 Å². The lowest BCUT2D eigenvalue weighted by Crippen LogP contribution is -2.11. The van der Waals surface area contributed by atoms with Crippen LogP contribution in [-0.2, 0) is 11.2 Å². The minimum absolute atomic E-state index is 0.0486. The smallest absolute Gasteiger partial charge is 0.159 e. The Morgan fingerprint density at radius 2 is 2.18 bits per heavy atom. The van der Waals surface area contributed by atoms with E-state index in [1.54, 1.807) is 32.0 Å². The summed E-state index contributed by atoms with van der Waals surface area (Å²) in [5, 5.41) is 12.4. The number of hydrogen-bond donors (Lipinski definition) is 1. The van der Waals surface area contributed by atoms with Crippen molar-refractivity contribution in [3.8, 4) is 11.8 Å². The molecule has 0 amide bonds. The van der Waals surface area contributed by atoms with Gasteiger partial charge in [0.1, 0.15) is 17.6 Å². The Hall–Kier alpha value is -3.76. The minimum Gasteiger partial charge on any atom is -0.494 e. The van der Waals surface area contributed by atoms with E-state index >= 15 is 0 Å². The van der Waals surface area contributed by atoms with Crippen LogP contribution in [0.4, 0.5) is 15.8 Å². The first kappa shape index (κ1) is 15.9. The van der Waals surface area contributed by atoms with Crippen molar-refractivity contribution in [1.29, 1.82) is 5.26 Å². The molecular weight excluding hydrogens is 419 g/mol. The molecule has 170 valence electrons. The predicted molar refractivity (Wildman–Crippen MR) is 128 cm³/mol. The van der Waals surface area contributed by atoms with E-state index in [9.17, 15) is 14.4 Å². The van der Waals surface area contributed by atoms with E-state index in [1.165, 1.54) is 13.0 Å². The fourth-order valence-electron chi connectivity index (χ4n) is 2.89. The molecule has 0 spiro atoms. The van der Waals surface area contributed by atoms with Crippen LogP contribution in [0.15, 0.2) is 48.5 Å². The quantitative estimate of drug-likeness (QED) is 0.463. The number of hydrogen-bond acceptors (Lipinski definition) is 6. The number of rotatable bonds is 9. The molecule has 0 aliphatic heterocycles. The van der Waals surface area contributed by atoms with E-state index in [0.717, 1.165) is 0 Å². The number of benzene rings is 2. The predicted octanol–water partition coefficient (Wildman–Crippen LogP) is 4.93. The Kier molecular flexibility index (Phi) is 5.17. The van der Waals surface area contributed by atoms with Crippen LogP contribution in [0.3, 0.4) is 0 Å². The third-order valence-corrected chi connectivity index (χ3v) is 4.44. The van der Waals surface area contributed by atoms with Crippen LogP contribution in [0.25, 0.3) is 10.9 Å². The van der Waals surface area contributed by atoms with Gasteiger partial charge in [0.25, 0.3) is 0 Å². The number of nitrogens with zero attached hydrogens (tertiary/aromatic N) is 3. The second-order valence-electron chi connectivity index (χ2n) is 7.32. The molecule has 2 aromatic carbocycles. The zero-order chi connectivity index (χ0) is 30.0. The maximum absolute atomic E-state index is 14.3. The summed E-state index contributed by atoms with van der Waals surface area (Å²) in [5.41, 5.74) is -1.47. The van der Waals surface area contributed by atoms with Gasteiger partial charge in [0, 0.05) is 41.8 Å². The van der Waals surface area contributed by atoms with Crippen LogP contribution < -0.4 is 10.1 Å². The van der Waals surface area contributed by atoms with Gasteiger partial charge in [-0.05, 0) is 63.7 Å². The third kappa shape index (κ3) is 5.93. The van der Waals surface area contributed by atoms with Gasteiger partial charge in [-0.15, -0.1) is 0 Å². The Balaban J connectivity index is 2.39. The molecule has 1 aromatic heterocycles. The van der Waals surface area contributed by atoms with Crippen molar-refractivity contribution >= 4 is 28.1 Å². The lowest BCUT2D eigenvalue weighted by Gasteiger charge is -2.15. The Morgan fingerprint density at radius 1 is 1.39 bits per heavy atom. The zero-order valence-corrected chi connectivity index (χ0v) is 18.7. The molecule has 0 aliphatic carbocycles. The zero-order valence-electron chi connectivity index (χ0n) is 25.7. The molecule has 1 N–H and O–H groups in total. The molecule has 0 fully saturated rings. The molecular formula is C26H27FN4O2. The van der Waals surface area contributed by atoms with Crippen LogP contribution in [0, 0.1) is 24.1 Å². The number of carbonyl (C=O) groups excluding carboxylic acids is 1. The van der Waals surface area contributed by atoms with E-state index in [1.807, 2.05) is 0 Å². The van der Waals surface area contributed by atoms with Crippen molar-refractivity contribution in [2.75, 3.05) is 32.6 Å². The lowest BCUT2D eigenvalue weighted by atomic mass is 10.0. The number of ether oxygens (including phenoxy) is 1. The van der Waals surface area contributed by atoms with Gasteiger partial charge in [0.15, 0.2) is 5.78 Å².